The summed E-state index contributed by atoms with van der Waals surface area (Å²) in [7, 11) is 0. The number of ether oxygens (including phenoxy) is 1. The summed E-state index contributed by atoms with van der Waals surface area (Å²) in [6.07, 6.45) is 3.08. The molecule has 30 heavy (non-hydrogen) atoms. The predicted molar refractivity (Wildman–Crippen MR) is 116 cm³/mol. The highest BCUT2D eigenvalue weighted by Crippen LogP contribution is 2.26. The monoisotopic (exact) mass is 404 g/mol. The molecular weight excluding hydrogens is 380 g/mol. The molecule has 0 unspecified atom stereocenters. The molecule has 0 spiro atoms. The van der Waals surface area contributed by atoms with E-state index in [9.17, 15) is 4.79 Å². The average Bonchev–Trinajstić information content (AvgIpc) is 3.05. The molecule has 1 aliphatic rings. The number of pyridine rings is 1. The Balaban J connectivity index is 1.72. The molecule has 0 atom stereocenters. The van der Waals surface area contributed by atoms with Crippen molar-refractivity contribution in [2.24, 2.45) is 0 Å². The van der Waals surface area contributed by atoms with Gasteiger partial charge in [-0.2, -0.15) is 5.10 Å². The van der Waals surface area contributed by atoms with Gasteiger partial charge < -0.3 is 15.0 Å². The minimum absolute atomic E-state index is 0.0508. The molecule has 3 aromatic heterocycles. The Hall–Kier alpha value is -3.26. The summed E-state index contributed by atoms with van der Waals surface area (Å²) in [5, 5.41) is 7.14. The second kappa shape index (κ2) is 7.21. The van der Waals surface area contributed by atoms with Gasteiger partial charge in [0.2, 0.25) is 0 Å². The highest BCUT2D eigenvalue weighted by molar-refractivity contribution is 5.88. The smallest absolute Gasteiger partial charge is 0.259 e. The lowest BCUT2D eigenvalue weighted by atomic mass is 10.0. The highest BCUT2D eigenvalue weighted by Gasteiger charge is 2.23. The zero-order valence-corrected chi connectivity index (χ0v) is 17.1. The lowest BCUT2D eigenvalue weighted by Crippen LogP contribution is -2.32. The number of anilines is 1. The van der Waals surface area contributed by atoms with E-state index in [1.165, 1.54) is 6.33 Å². The molecule has 154 valence electrons. The number of rotatable bonds is 3. The van der Waals surface area contributed by atoms with Gasteiger partial charge >= 0.3 is 0 Å². The molecule has 4 aromatic rings. The van der Waals surface area contributed by atoms with Crippen LogP contribution in [0.3, 0.4) is 0 Å². The Kier molecular flexibility index (Phi) is 4.51. The number of hydrogen-bond acceptors (Lipinski definition) is 6. The molecule has 0 aliphatic carbocycles. The number of aryl methyl sites for hydroxylation is 2. The summed E-state index contributed by atoms with van der Waals surface area (Å²) >= 11 is 0. The number of fused-ring (bicyclic) bond motifs is 2. The van der Waals surface area contributed by atoms with E-state index in [2.05, 4.69) is 21.1 Å². The van der Waals surface area contributed by atoms with E-state index in [-0.39, 0.29) is 11.6 Å². The van der Waals surface area contributed by atoms with Crippen LogP contribution in [-0.2, 0) is 11.3 Å². The first-order valence-electron chi connectivity index (χ1n) is 10.2. The number of nitrogen functional groups attached to an aromatic ring is 1. The fraction of sp³-hybridized carbons (Fsp3) is 0.364. The van der Waals surface area contributed by atoms with E-state index in [1.54, 1.807) is 0 Å². The van der Waals surface area contributed by atoms with Crippen LogP contribution in [0.1, 0.15) is 35.8 Å². The maximum Gasteiger partial charge on any atom is 0.259 e. The van der Waals surface area contributed by atoms with Crippen LogP contribution in [0.4, 0.5) is 5.82 Å². The van der Waals surface area contributed by atoms with Gasteiger partial charge in [-0.05, 0) is 43.7 Å². The molecule has 1 fully saturated rings. The van der Waals surface area contributed by atoms with E-state index in [1.807, 2.05) is 41.3 Å². The first kappa shape index (κ1) is 18.7. The van der Waals surface area contributed by atoms with Gasteiger partial charge in [0.1, 0.15) is 12.1 Å². The maximum absolute atomic E-state index is 13.6. The van der Waals surface area contributed by atoms with Crippen LogP contribution in [0.5, 0.6) is 0 Å². The zero-order valence-electron chi connectivity index (χ0n) is 17.1. The second-order valence-electron chi connectivity index (χ2n) is 7.89. The molecule has 1 aliphatic heterocycles. The minimum atomic E-state index is 0.0508. The molecule has 0 saturated carbocycles. The van der Waals surface area contributed by atoms with Crippen molar-refractivity contribution < 1.29 is 4.74 Å². The Bertz CT molecular complexity index is 1320. The number of aromatic nitrogens is 5. The maximum atomic E-state index is 13.6. The normalized spacial score (nSPS) is 15.3. The molecule has 0 radical (unpaired) electrons. The average molecular weight is 404 g/mol. The number of hydrogen-bond donors (Lipinski definition) is 1. The Labute approximate surface area is 173 Å². The van der Waals surface area contributed by atoms with Crippen LogP contribution in [0.25, 0.3) is 21.8 Å². The third kappa shape index (κ3) is 2.95. The highest BCUT2D eigenvalue weighted by atomic mass is 16.5. The van der Waals surface area contributed by atoms with Crippen molar-refractivity contribution in [3.63, 3.8) is 0 Å². The van der Waals surface area contributed by atoms with E-state index < -0.39 is 0 Å². The fourth-order valence-electron chi connectivity index (χ4n) is 4.54. The number of nitrogens with zero attached hydrogens (tertiary/aromatic N) is 5. The largest absolute Gasteiger partial charge is 0.383 e. The molecular formula is C22H24N6O2. The van der Waals surface area contributed by atoms with Gasteiger partial charge in [-0.15, -0.1) is 0 Å². The van der Waals surface area contributed by atoms with Crippen LogP contribution in [0.15, 0.2) is 35.4 Å². The van der Waals surface area contributed by atoms with Gasteiger partial charge in [-0.3, -0.25) is 4.79 Å². The minimum Gasteiger partial charge on any atom is -0.383 e. The van der Waals surface area contributed by atoms with E-state index >= 15 is 0 Å². The van der Waals surface area contributed by atoms with Gasteiger partial charge in [0, 0.05) is 24.9 Å². The van der Waals surface area contributed by atoms with Crippen molar-refractivity contribution >= 4 is 27.6 Å². The lowest BCUT2D eigenvalue weighted by molar-refractivity contribution is 0.0679. The van der Waals surface area contributed by atoms with Gasteiger partial charge in [-0.25, -0.2) is 14.6 Å². The number of nitrogens with two attached hydrogens (primary N) is 1. The lowest BCUT2D eigenvalue weighted by Gasteiger charge is -2.27. The quantitative estimate of drug-likeness (QED) is 0.563. The van der Waals surface area contributed by atoms with Crippen LogP contribution >= 0.6 is 0 Å². The zero-order chi connectivity index (χ0) is 20.8. The van der Waals surface area contributed by atoms with Crippen molar-refractivity contribution in [2.45, 2.75) is 39.3 Å². The van der Waals surface area contributed by atoms with Gasteiger partial charge in [0.05, 0.1) is 23.0 Å². The third-order valence-corrected chi connectivity index (χ3v) is 5.97. The predicted octanol–water partition coefficient (Wildman–Crippen LogP) is 2.74. The molecule has 8 heteroatoms. The van der Waals surface area contributed by atoms with E-state index in [0.29, 0.717) is 31.2 Å². The molecule has 4 heterocycles. The summed E-state index contributed by atoms with van der Waals surface area (Å²) in [4.78, 5) is 22.1. The first-order valence-corrected chi connectivity index (χ1v) is 10.2. The van der Waals surface area contributed by atoms with Crippen LogP contribution in [0, 0.1) is 13.8 Å². The fourth-order valence-corrected chi connectivity index (χ4v) is 4.54. The topological polar surface area (TPSA) is 101 Å². The van der Waals surface area contributed by atoms with Gasteiger partial charge in [-0.1, -0.05) is 18.2 Å². The van der Waals surface area contributed by atoms with Gasteiger partial charge in [0.25, 0.3) is 5.56 Å². The SMILES string of the molecule is Cc1nn(Cc2cc3cccc(C)c3c(=O)n2C2CCOCC2)c2ncnc(N)c12. The number of benzene rings is 1. The summed E-state index contributed by atoms with van der Waals surface area (Å²) in [5.41, 5.74) is 9.46. The summed E-state index contributed by atoms with van der Waals surface area (Å²) in [6.45, 7) is 5.64. The third-order valence-electron chi connectivity index (χ3n) is 5.97. The van der Waals surface area contributed by atoms with E-state index in [0.717, 1.165) is 46.0 Å². The molecule has 8 nitrogen and oxygen atoms in total. The molecule has 2 N–H and O–H groups in total. The Morgan fingerprint density at radius 1 is 1.17 bits per heavy atom. The molecule has 1 saturated heterocycles. The first-order chi connectivity index (χ1) is 14.5. The standard InChI is InChI=1S/C22H24N6O2/c1-13-4-3-5-15-10-17(28(22(29)18(13)15)16-6-8-30-9-7-16)11-27-21-19(14(2)26-27)20(23)24-12-25-21/h3-5,10,12,16H,6-9,11H2,1-2H3,(H2,23,24,25). The van der Waals surface area contributed by atoms with E-state index in [4.69, 9.17) is 10.5 Å². The molecule has 0 bridgehead atoms. The van der Waals surface area contributed by atoms with Crippen molar-refractivity contribution in [1.29, 1.82) is 0 Å². The summed E-state index contributed by atoms with van der Waals surface area (Å²) in [6, 6.07) is 8.18. The molecule has 0 amide bonds. The van der Waals surface area contributed by atoms with Crippen LogP contribution < -0.4 is 11.3 Å². The molecule has 5 rings (SSSR count). The van der Waals surface area contributed by atoms with Crippen LogP contribution in [-0.4, -0.2) is 37.5 Å². The summed E-state index contributed by atoms with van der Waals surface area (Å²) in [5.74, 6) is 0.416. The van der Waals surface area contributed by atoms with Crippen LogP contribution in [0.2, 0.25) is 0 Å². The Morgan fingerprint density at radius 2 is 1.97 bits per heavy atom. The second-order valence-corrected chi connectivity index (χ2v) is 7.89. The van der Waals surface area contributed by atoms with Crippen molar-refractivity contribution in [3.05, 3.63) is 57.9 Å². The van der Waals surface area contributed by atoms with Crippen molar-refractivity contribution in [1.82, 2.24) is 24.3 Å². The van der Waals surface area contributed by atoms with Crippen molar-refractivity contribution in [2.75, 3.05) is 18.9 Å². The molecule has 1 aromatic carbocycles. The van der Waals surface area contributed by atoms with Crippen molar-refractivity contribution in [3.8, 4) is 0 Å². The summed E-state index contributed by atoms with van der Waals surface area (Å²) < 4.78 is 9.30. The Morgan fingerprint density at radius 3 is 2.77 bits per heavy atom. The van der Waals surface area contributed by atoms with Gasteiger partial charge in [0.15, 0.2) is 5.65 Å².